The highest BCUT2D eigenvalue weighted by Gasteiger charge is 2.66. The minimum absolute atomic E-state index is 0.0000615. The minimum atomic E-state index is -4.68. The minimum Gasteiger partial charge on any atom is -0.459 e. The summed E-state index contributed by atoms with van der Waals surface area (Å²) < 4.78 is 28.8. The average Bonchev–Trinajstić information content (AvgIpc) is 3.12. The Morgan fingerprint density at radius 1 is 1.02 bits per heavy atom. The molecule has 0 amide bonds. The SMILES string of the molecule is CC(=O)O[C@H]1C[C@]2(C)C3CC[C@]4(C)[C@@H]([C@H](C)[C@@H](CCC(C)(C)C)OP(=O)(O)O)CC[C@@]4(C)C3=CC(=O)[C@@H]2C[C@H]1OC(C)=O. The Bertz CT molecular complexity index is 1200. The van der Waals surface area contributed by atoms with Crippen molar-refractivity contribution in [2.24, 2.45) is 45.3 Å². The summed E-state index contributed by atoms with van der Waals surface area (Å²) in [6.45, 7) is 17.8. The molecule has 0 radical (unpaired) electrons. The van der Waals surface area contributed by atoms with E-state index in [4.69, 9.17) is 14.0 Å². The molecule has 43 heavy (non-hydrogen) atoms. The third-order valence-corrected chi connectivity index (χ3v) is 12.6. The summed E-state index contributed by atoms with van der Waals surface area (Å²) in [4.78, 5) is 57.4. The summed E-state index contributed by atoms with van der Waals surface area (Å²) in [6.07, 6.45) is 5.67. The summed E-state index contributed by atoms with van der Waals surface area (Å²) in [7, 11) is -4.68. The van der Waals surface area contributed by atoms with E-state index in [0.29, 0.717) is 19.3 Å². The van der Waals surface area contributed by atoms with E-state index in [2.05, 4.69) is 48.5 Å². The molecular formula is C33H53O9P. The van der Waals surface area contributed by atoms with Gasteiger partial charge in [-0.3, -0.25) is 18.9 Å². The summed E-state index contributed by atoms with van der Waals surface area (Å²) in [5.41, 5.74) is 0.235. The molecule has 4 rings (SSSR count). The van der Waals surface area contributed by atoms with E-state index in [1.165, 1.54) is 13.8 Å². The third kappa shape index (κ3) is 6.57. The normalized spacial score (nSPS) is 39.1. The number of carbonyl (C=O) groups is 3. The summed E-state index contributed by atoms with van der Waals surface area (Å²) in [5, 5.41) is 0. The zero-order valence-electron chi connectivity index (χ0n) is 27.5. The van der Waals surface area contributed by atoms with Crippen molar-refractivity contribution < 1.29 is 42.7 Å². The van der Waals surface area contributed by atoms with Gasteiger partial charge in [0.1, 0.15) is 12.2 Å². The van der Waals surface area contributed by atoms with Crippen LogP contribution in [0.3, 0.4) is 0 Å². The number of ketones is 1. The van der Waals surface area contributed by atoms with E-state index in [9.17, 15) is 28.7 Å². The van der Waals surface area contributed by atoms with E-state index >= 15 is 0 Å². The molecule has 10 atom stereocenters. The average molecular weight is 625 g/mol. The predicted octanol–water partition coefficient (Wildman–Crippen LogP) is 6.55. The Morgan fingerprint density at radius 3 is 2.19 bits per heavy atom. The summed E-state index contributed by atoms with van der Waals surface area (Å²) >= 11 is 0. The van der Waals surface area contributed by atoms with Gasteiger partial charge in [-0.2, -0.15) is 0 Å². The third-order valence-electron chi connectivity index (χ3n) is 12.1. The molecule has 9 nitrogen and oxygen atoms in total. The zero-order valence-corrected chi connectivity index (χ0v) is 28.4. The Morgan fingerprint density at radius 2 is 1.63 bits per heavy atom. The molecule has 3 fully saturated rings. The lowest BCUT2D eigenvalue weighted by Crippen LogP contribution is -2.59. The highest BCUT2D eigenvalue weighted by atomic mass is 31.2. The van der Waals surface area contributed by atoms with Crippen molar-refractivity contribution in [3.63, 3.8) is 0 Å². The molecule has 10 heteroatoms. The van der Waals surface area contributed by atoms with E-state index in [1.807, 2.05) is 6.08 Å². The fraction of sp³-hybridized carbons (Fsp3) is 0.848. The number of esters is 2. The van der Waals surface area contributed by atoms with Crippen LogP contribution in [0.1, 0.15) is 114 Å². The van der Waals surface area contributed by atoms with Gasteiger partial charge in [0.15, 0.2) is 5.78 Å². The second-order valence-electron chi connectivity index (χ2n) is 15.9. The quantitative estimate of drug-likeness (QED) is 0.228. The maximum Gasteiger partial charge on any atom is 0.469 e. The van der Waals surface area contributed by atoms with E-state index in [-0.39, 0.29) is 45.7 Å². The molecule has 4 aliphatic carbocycles. The smallest absolute Gasteiger partial charge is 0.459 e. The first kappa shape index (κ1) is 34.3. The molecule has 0 aromatic rings. The van der Waals surface area contributed by atoms with Crippen LogP contribution < -0.4 is 0 Å². The Kier molecular flexibility index (Phi) is 9.32. The second-order valence-corrected chi connectivity index (χ2v) is 17.1. The first-order valence-corrected chi connectivity index (χ1v) is 17.5. The first-order valence-electron chi connectivity index (χ1n) is 16.0. The highest BCUT2D eigenvalue weighted by molar-refractivity contribution is 7.46. The molecule has 0 bridgehead atoms. The van der Waals surface area contributed by atoms with Crippen molar-refractivity contribution in [1.29, 1.82) is 0 Å². The van der Waals surface area contributed by atoms with Gasteiger partial charge in [-0.05, 0) is 96.9 Å². The van der Waals surface area contributed by atoms with Crippen molar-refractivity contribution in [1.82, 2.24) is 0 Å². The van der Waals surface area contributed by atoms with Crippen molar-refractivity contribution in [3.8, 4) is 0 Å². The van der Waals surface area contributed by atoms with Gasteiger partial charge in [0.2, 0.25) is 0 Å². The Hall–Kier alpha value is -1.54. The van der Waals surface area contributed by atoms with Gasteiger partial charge in [-0.15, -0.1) is 0 Å². The molecule has 0 saturated heterocycles. The Labute approximate surface area is 257 Å². The first-order chi connectivity index (χ1) is 19.6. The molecule has 0 heterocycles. The van der Waals surface area contributed by atoms with Crippen LogP contribution in [-0.4, -0.2) is 45.8 Å². The van der Waals surface area contributed by atoms with Crippen LogP contribution in [0.25, 0.3) is 0 Å². The fourth-order valence-electron chi connectivity index (χ4n) is 9.70. The largest absolute Gasteiger partial charge is 0.469 e. The molecule has 3 saturated carbocycles. The lowest BCUT2D eigenvalue weighted by Gasteiger charge is -2.61. The monoisotopic (exact) mass is 624 g/mol. The Balaban J connectivity index is 1.67. The predicted molar refractivity (Wildman–Crippen MR) is 161 cm³/mol. The molecule has 0 aromatic heterocycles. The zero-order chi connectivity index (χ0) is 32.3. The molecule has 0 aromatic carbocycles. The van der Waals surface area contributed by atoms with Crippen molar-refractivity contribution in [2.75, 3.05) is 0 Å². The van der Waals surface area contributed by atoms with Crippen LogP contribution in [0, 0.1) is 45.3 Å². The molecule has 0 aliphatic heterocycles. The van der Waals surface area contributed by atoms with Crippen molar-refractivity contribution >= 4 is 25.5 Å². The van der Waals surface area contributed by atoms with Gasteiger partial charge in [0, 0.05) is 19.8 Å². The van der Waals surface area contributed by atoms with Gasteiger partial charge in [0.25, 0.3) is 0 Å². The molecular weight excluding hydrogens is 571 g/mol. The van der Waals surface area contributed by atoms with Crippen LogP contribution in [0.2, 0.25) is 0 Å². The van der Waals surface area contributed by atoms with Crippen LogP contribution in [-0.2, 0) is 32.9 Å². The van der Waals surface area contributed by atoms with Gasteiger partial charge in [0.05, 0.1) is 6.10 Å². The van der Waals surface area contributed by atoms with Crippen LogP contribution in [0.15, 0.2) is 11.6 Å². The summed E-state index contributed by atoms with van der Waals surface area (Å²) in [6, 6.07) is 0. The number of fused-ring (bicyclic) bond motifs is 5. The van der Waals surface area contributed by atoms with Gasteiger partial charge < -0.3 is 19.3 Å². The molecule has 0 spiro atoms. The second kappa shape index (κ2) is 11.7. The lowest BCUT2D eigenvalue weighted by molar-refractivity contribution is -0.184. The van der Waals surface area contributed by atoms with Crippen molar-refractivity contribution in [2.45, 2.75) is 132 Å². The number of rotatable bonds is 8. The molecule has 2 N–H and O–H groups in total. The van der Waals surface area contributed by atoms with Crippen LogP contribution in [0.4, 0.5) is 0 Å². The maximum absolute atomic E-state index is 13.9. The van der Waals surface area contributed by atoms with E-state index < -0.39 is 43.5 Å². The number of phosphoric ester groups is 1. The number of hydrogen-bond donors (Lipinski definition) is 2. The number of carbonyl (C=O) groups excluding carboxylic acids is 3. The van der Waals surface area contributed by atoms with Crippen LogP contribution >= 0.6 is 7.82 Å². The topological polar surface area (TPSA) is 136 Å². The standard InChI is InChI=1S/C33H53O9P/c1-19(27(42-43(37,38)39)12-13-30(4,5)6)22-10-14-33(9)24-16-26(36)25-17-28(40-20(2)34)29(41-21(3)35)18-31(25,7)23(24)11-15-32(22,33)8/h16,19,22-23,25,27-29H,10-15,17-18H2,1-9H3,(H2,37,38,39)/t19-,22+,23?,25-,27+,28+,29-,31+,32+,33-/m0/s1. The molecule has 244 valence electrons. The molecule has 1 unspecified atom stereocenters. The number of ether oxygens (including phenoxy) is 2. The van der Waals surface area contributed by atoms with Crippen molar-refractivity contribution in [3.05, 3.63) is 11.6 Å². The van der Waals surface area contributed by atoms with E-state index in [0.717, 1.165) is 37.7 Å². The number of allylic oxidation sites excluding steroid dienone is 2. The molecule has 4 aliphatic rings. The highest BCUT2D eigenvalue weighted by Crippen LogP contribution is 2.72. The van der Waals surface area contributed by atoms with Gasteiger partial charge in [-0.25, -0.2) is 4.57 Å². The van der Waals surface area contributed by atoms with E-state index in [1.54, 1.807) is 0 Å². The van der Waals surface area contributed by atoms with Gasteiger partial charge in [-0.1, -0.05) is 54.0 Å². The number of hydrogen-bond acceptors (Lipinski definition) is 7. The summed E-state index contributed by atoms with van der Waals surface area (Å²) in [5.74, 6) is -1.000. The van der Waals surface area contributed by atoms with Crippen LogP contribution in [0.5, 0.6) is 0 Å². The fourth-order valence-corrected chi connectivity index (χ4v) is 10.3. The number of phosphoric acid groups is 1. The van der Waals surface area contributed by atoms with Gasteiger partial charge >= 0.3 is 19.8 Å². The lowest BCUT2D eigenvalue weighted by atomic mass is 9.43. The maximum atomic E-state index is 13.9.